The van der Waals surface area contributed by atoms with Crippen LogP contribution in [0.15, 0.2) is 116 Å². The van der Waals surface area contributed by atoms with E-state index in [1.54, 1.807) is 12.2 Å². The Morgan fingerprint density at radius 2 is 1.37 bits per heavy atom. The van der Waals surface area contributed by atoms with Crippen LogP contribution >= 0.6 is 0 Å². The van der Waals surface area contributed by atoms with E-state index in [1.807, 2.05) is 67.7 Å². The van der Waals surface area contributed by atoms with Crippen molar-refractivity contribution in [2.75, 3.05) is 0 Å². The molecule has 5 rings (SSSR count). The lowest BCUT2D eigenvalue weighted by molar-refractivity contribution is 1.04. The topological polar surface area (TPSA) is 51.6 Å². The van der Waals surface area contributed by atoms with Crippen molar-refractivity contribution in [3.05, 3.63) is 128 Å². The number of benzene rings is 3. The van der Waals surface area contributed by atoms with Crippen LogP contribution < -0.4 is 0 Å². The first kappa shape index (κ1) is 22.1. The maximum absolute atomic E-state index is 4.84. The zero-order chi connectivity index (χ0) is 24.2. The summed E-state index contributed by atoms with van der Waals surface area (Å²) in [5.74, 6) is 1.75. The zero-order valence-corrected chi connectivity index (χ0v) is 19.5. The van der Waals surface area contributed by atoms with Crippen LogP contribution in [0.4, 0.5) is 0 Å². The minimum atomic E-state index is 0.552. The molecule has 0 amide bonds. The van der Waals surface area contributed by atoms with Crippen LogP contribution in [-0.2, 0) is 0 Å². The molecule has 2 heterocycles. The maximum Gasteiger partial charge on any atom is 0.164 e. The third-order valence-corrected chi connectivity index (χ3v) is 5.87. The summed E-state index contributed by atoms with van der Waals surface area (Å²) < 4.78 is 0. The summed E-state index contributed by atoms with van der Waals surface area (Å²) in [6.45, 7) is 9.77. The third kappa shape index (κ3) is 4.42. The van der Waals surface area contributed by atoms with E-state index in [0.717, 1.165) is 38.9 Å². The molecule has 0 fully saturated rings. The second kappa shape index (κ2) is 9.65. The fraction of sp³-hybridized carbons (Fsp3) is 0.0323. The fourth-order valence-corrected chi connectivity index (χ4v) is 4.10. The van der Waals surface area contributed by atoms with Crippen LogP contribution in [0.3, 0.4) is 0 Å². The molecule has 0 bridgehead atoms. The Balaban J connectivity index is 1.69. The Morgan fingerprint density at radius 3 is 2.11 bits per heavy atom. The van der Waals surface area contributed by atoms with Crippen molar-refractivity contribution in [2.45, 2.75) is 6.92 Å². The van der Waals surface area contributed by atoms with Crippen LogP contribution in [0, 0.1) is 6.92 Å². The summed E-state index contributed by atoms with van der Waals surface area (Å²) in [6.07, 6.45) is 7.23. The van der Waals surface area contributed by atoms with Crippen LogP contribution in [0.2, 0.25) is 0 Å². The van der Waals surface area contributed by atoms with Gasteiger partial charge in [-0.25, -0.2) is 15.0 Å². The molecule has 5 aromatic rings. The van der Waals surface area contributed by atoms with E-state index in [4.69, 9.17) is 15.0 Å². The average Bonchev–Trinajstić information content (AvgIpc) is 2.92. The number of rotatable bonds is 6. The van der Waals surface area contributed by atoms with E-state index < -0.39 is 0 Å². The number of allylic oxidation sites excluding steroid dienone is 4. The second-order valence-electron chi connectivity index (χ2n) is 8.12. The molecule has 0 aliphatic heterocycles. The first-order chi connectivity index (χ1) is 17.2. The summed E-state index contributed by atoms with van der Waals surface area (Å²) in [5.41, 5.74) is 5.75. The van der Waals surface area contributed by atoms with Gasteiger partial charge >= 0.3 is 0 Å². The van der Waals surface area contributed by atoms with E-state index in [1.165, 1.54) is 5.39 Å². The molecular formula is C31H24N4. The normalized spacial score (nSPS) is 11.4. The molecular weight excluding hydrogens is 428 g/mol. The van der Waals surface area contributed by atoms with E-state index in [2.05, 4.69) is 48.5 Å². The van der Waals surface area contributed by atoms with Crippen molar-refractivity contribution >= 4 is 16.3 Å². The predicted molar refractivity (Wildman–Crippen MR) is 145 cm³/mol. The van der Waals surface area contributed by atoms with Gasteiger partial charge in [-0.15, -0.1) is 0 Å². The van der Waals surface area contributed by atoms with Gasteiger partial charge in [-0.2, -0.15) is 0 Å². The van der Waals surface area contributed by atoms with Gasteiger partial charge in [-0.3, -0.25) is 4.98 Å². The van der Waals surface area contributed by atoms with Gasteiger partial charge in [0, 0.05) is 39.5 Å². The molecule has 0 atom stereocenters. The molecule has 4 nitrogen and oxygen atoms in total. The van der Waals surface area contributed by atoms with Crippen LogP contribution in [-0.4, -0.2) is 19.9 Å². The smallest absolute Gasteiger partial charge is 0.164 e. The highest BCUT2D eigenvalue weighted by atomic mass is 15.0. The molecule has 3 aromatic carbocycles. The maximum atomic E-state index is 4.84. The summed E-state index contributed by atoms with van der Waals surface area (Å²) in [4.78, 5) is 19.0. The van der Waals surface area contributed by atoms with Gasteiger partial charge in [-0.1, -0.05) is 104 Å². The Bertz CT molecular complexity index is 1580. The van der Waals surface area contributed by atoms with E-state index >= 15 is 0 Å². The standard InChI is InChI=1S/C31H24N4/c1-4-12-22(5-2)29-33-30(23-13-7-6-8-14-23)35-31(34-29)25-16-11-15-24(19-25)28-20-32-21(3)26-17-9-10-18-27(26)28/h4-20H,1-2H2,3H3/b22-12+. The lowest BCUT2D eigenvalue weighted by atomic mass is 9.98. The molecule has 0 unspecified atom stereocenters. The summed E-state index contributed by atoms with van der Waals surface area (Å²) in [5, 5.41) is 2.32. The van der Waals surface area contributed by atoms with Gasteiger partial charge in [0.15, 0.2) is 17.5 Å². The Morgan fingerprint density at radius 1 is 0.714 bits per heavy atom. The van der Waals surface area contributed by atoms with Crippen molar-refractivity contribution in [1.29, 1.82) is 0 Å². The van der Waals surface area contributed by atoms with E-state index in [-0.39, 0.29) is 0 Å². The van der Waals surface area contributed by atoms with Crippen LogP contribution in [0.25, 0.3) is 50.2 Å². The van der Waals surface area contributed by atoms with Crippen molar-refractivity contribution in [1.82, 2.24) is 19.9 Å². The largest absolute Gasteiger partial charge is 0.260 e. The number of aromatic nitrogens is 4. The van der Waals surface area contributed by atoms with Gasteiger partial charge in [-0.05, 0) is 23.9 Å². The quantitative estimate of drug-likeness (QED) is 0.251. The van der Waals surface area contributed by atoms with Crippen molar-refractivity contribution in [3.63, 3.8) is 0 Å². The van der Waals surface area contributed by atoms with Gasteiger partial charge in [0.1, 0.15) is 0 Å². The molecule has 0 saturated carbocycles. The second-order valence-corrected chi connectivity index (χ2v) is 8.12. The van der Waals surface area contributed by atoms with Crippen molar-refractivity contribution < 1.29 is 0 Å². The minimum Gasteiger partial charge on any atom is -0.260 e. The van der Waals surface area contributed by atoms with E-state index in [0.29, 0.717) is 17.5 Å². The number of pyridine rings is 1. The highest BCUT2D eigenvalue weighted by Gasteiger charge is 2.14. The average molecular weight is 453 g/mol. The molecule has 2 aromatic heterocycles. The summed E-state index contributed by atoms with van der Waals surface area (Å²) in [7, 11) is 0. The fourth-order valence-electron chi connectivity index (χ4n) is 4.10. The minimum absolute atomic E-state index is 0.552. The predicted octanol–water partition coefficient (Wildman–Crippen LogP) is 7.48. The first-order valence-corrected chi connectivity index (χ1v) is 11.4. The Hall–Kier alpha value is -4.70. The number of nitrogens with zero attached hydrogens (tertiary/aromatic N) is 4. The monoisotopic (exact) mass is 452 g/mol. The van der Waals surface area contributed by atoms with Crippen molar-refractivity contribution in [2.24, 2.45) is 0 Å². The van der Waals surface area contributed by atoms with Crippen LogP contribution in [0.1, 0.15) is 11.5 Å². The lowest BCUT2D eigenvalue weighted by Gasteiger charge is -2.11. The van der Waals surface area contributed by atoms with Crippen LogP contribution in [0.5, 0.6) is 0 Å². The highest BCUT2D eigenvalue weighted by Crippen LogP contribution is 2.32. The van der Waals surface area contributed by atoms with Gasteiger partial charge in [0.25, 0.3) is 0 Å². The van der Waals surface area contributed by atoms with Crippen molar-refractivity contribution in [3.8, 4) is 33.9 Å². The molecule has 4 heteroatoms. The summed E-state index contributed by atoms with van der Waals surface area (Å²) >= 11 is 0. The molecule has 168 valence electrons. The third-order valence-electron chi connectivity index (χ3n) is 5.87. The number of aryl methyl sites for hydroxylation is 1. The SMILES string of the molecule is C=C/C=C(\C=C)c1nc(-c2ccccc2)nc(-c2cccc(-c3cnc(C)c4ccccc34)c2)n1. The lowest BCUT2D eigenvalue weighted by Crippen LogP contribution is -2.02. The molecule has 0 radical (unpaired) electrons. The highest BCUT2D eigenvalue weighted by molar-refractivity contribution is 5.97. The molecule has 35 heavy (non-hydrogen) atoms. The molecule has 0 N–H and O–H groups in total. The number of hydrogen-bond donors (Lipinski definition) is 0. The van der Waals surface area contributed by atoms with Gasteiger partial charge in [0.05, 0.1) is 0 Å². The Labute approximate surface area is 205 Å². The Kier molecular flexibility index (Phi) is 6.10. The number of hydrogen-bond acceptors (Lipinski definition) is 4. The number of fused-ring (bicyclic) bond motifs is 1. The van der Waals surface area contributed by atoms with E-state index in [9.17, 15) is 0 Å². The van der Waals surface area contributed by atoms with Gasteiger partial charge in [0.2, 0.25) is 0 Å². The molecule has 0 aliphatic carbocycles. The molecule has 0 aliphatic rings. The molecule has 0 saturated heterocycles. The zero-order valence-electron chi connectivity index (χ0n) is 19.5. The summed E-state index contributed by atoms with van der Waals surface area (Å²) in [6, 6.07) is 26.5. The first-order valence-electron chi connectivity index (χ1n) is 11.4. The molecule has 0 spiro atoms. The van der Waals surface area contributed by atoms with Gasteiger partial charge < -0.3 is 0 Å².